The highest BCUT2D eigenvalue weighted by atomic mass is 16.5. The van der Waals surface area contributed by atoms with Gasteiger partial charge in [-0.25, -0.2) is 4.98 Å². The number of anilines is 1. The van der Waals surface area contributed by atoms with Gasteiger partial charge in [0.15, 0.2) is 0 Å². The van der Waals surface area contributed by atoms with Gasteiger partial charge >= 0.3 is 0 Å². The van der Waals surface area contributed by atoms with Crippen LogP contribution in [0.25, 0.3) is 10.9 Å². The van der Waals surface area contributed by atoms with Crippen LogP contribution in [0.1, 0.15) is 13.8 Å². The molecular weight excluding hydrogens is 272 g/mol. The fourth-order valence-electron chi connectivity index (χ4n) is 2.33. The Labute approximate surface area is 131 Å². The van der Waals surface area contributed by atoms with Gasteiger partial charge in [0.1, 0.15) is 6.61 Å². The van der Waals surface area contributed by atoms with Crippen LogP contribution in [0.3, 0.4) is 0 Å². The van der Waals surface area contributed by atoms with E-state index in [2.05, 4.69) is 36.3 Å². The van der Waals surface area contributed by atoms with E-state index in [-0.39, 0.29) is 5.54 Å². The summed E-state index contributed by atoms with van der Waals surface area (Å²) in [7, 11) is 0. The van der Waals surface area contributed by atoms with Crippen LogP contribution in [0.5, 0.6) is 5.88 Å². The van der Waals surface area contributed by atoms with Crippen LogP contribution >= 0.6 is 0 Å². The molecule has 0 unspecified atom stereocenters. The summed E-state index contributed by atoms with van der Waals surface area (Å²) in [4.78, 5) is 4.54. The van der Waals surface area contributed by atoms with Gasteiger partial charge in [0, 0.05) is 17.1 Å². The first-order chi connectivity index (χ1) is 10.6. The van der Waals surface area contributed by atoms with Crippen LogP contribution in [0, 0.1) is 0 Å². The Balaban J connectivity index is 1.67. The largest absolute Gasteiger partial charge is 0.475 e. The van der Waals surface area contributed by atoms with E-state index in [4.69, 9.17) is 4.74 Å². The Kier molecular flexibility index (Phi) is 3.96. The number of ether oxygens (including phenoxy) is 1. The molecule has 3 aromatic rings. The molecule has 1 heterocycles. The molecule has 0 amide bonds. The summed E-state index contributed by atoms with van der Waals surface area (Å²) < 4.78 is 5.88. The molecule has 3 heteroatoms. The molecule has 0 saturated carbocycles. The highest BCUT2D eigenvalue weighted by molar-refractivity contribution is 5.78. The van der Waals surface area contributed by atoms with Gasteiger partial charge in [0.25, 0.3) is 0 Å². The zero-order valence-corrected chi connectivity index (χ0v) is 12.9. The van der Waals surface area contributed by atoms with Crippen molar-refractivity contribution < 1.29 is 4.74 Å². The summed E-state index contributed by atoms with van der Waals surface area (Å²) >= 11 is 0. The molecule has 0 bridgehead atoms. The predicted molar refractivity (Wildman–Crippen MR) is 91.4 cm³/mol. The molecule has 112 valence electrons. The number of nitrogens with one attached hydrogen (secondary N) is 1. The predicted octanol–water partition coefficient (Wildman–Crippen LogP) is 4.50. The van der Waals surface area contributed by atoms with Gasteiger partial charge in [0.2, 0.25) is 5.88 Å². The van der Waals surface area contributed by atoms with Gasteiger partial charge in [-0.15, -0.1) is 0 Å². The third-order valence-corrected chi connectivity index (χ3v) is 3.41. The molecule has 3 nitrogen and oxygen atoms in total. The van der Waals surface area contributed by atoms with E-state index in [9.17, 15) is 0 Å². The van der Waals surface area contributed by atoms with Crippen LogP contribution in [-0.4, -0.2) is 17.1 Å². The molecule has 0 radical (unpaired) electrons. The summed E-state index contributed by atoms with van der Waals surface area (Å²) in [6.45, 7) is 4.76. The fraction of sp³-hybridized carbons (Fsp3) is 0.211. The SMILES string of the molecule is CC(C)(COc1ccc2ccccc2n1)Nc1ccccc1. The van der Waals surface area contributed by atoms with Crippen molar-refractivity contribution in [3.8, 4) is 5.88 Å². The Morgan fingerprint density at radius 3 is 2.45 bits per heavy atom. The average molecular weight is 292 g/mol. The number of nitrogens with zero attached hydrogens (tertiary/aromatic N) is 1. The van der Waals surface area contributed by atoms with Crippen LogP contribution < -0.4 is 10.1 Å². The summed E-state index contributed by atoms with van der Waals surface area (Å²) in [5.41, 5.74) is 1.85. The van der Waals surface area contributed by atoms with E-state index >= 15 is 0 Å². The number of fused-ring (bicyclic) bond motifs is 1. The molecule has 0 aliphatic carbocycles. The van der Waals surface area contributed by atoms with E-state index in [1.165, 1.54) is 0 Å². The molecule has 0 aliphatic rings. The van der Waals surface area contributed by atoms with E-state index in [0.717, 1.165) is 16.6 Å². The van der Waals surface area contributed by atoms with Crippen molar-refractivity contribution in [3.63, 3.8) is 0 Å². The minimum atomic E-state index is -0.186. The second-order valence-electron chi connectivity index (χ2n) is 6.01. The van der Waals surface area contributed by atoms with Gasteiger partial charge in [-0.2, -0.15) is 0 Å². The van der Waals surface area contributed by atoms with E-state index in [0.29, 0.717) is 12.5 Å². The Hall–Kier alpha value is -2.55. The van der Waals surface area contributed by atoms with Crippen LogP contribution in [0.2, 0.25) is 0 Å². The monoisotopic (exact) mass is 292 g/mol. The molecule has 22 heavy (non-hydrogen) atoms. The van der Waals surface area contributed by atoms with Gasteiger partial charge in [-0.05, 0) is 38.1 Å². The molecule has 0 aliphatic heterocycles. The smallest absolute Gasteiger partial charge is 0.213 e. The topological polar surface area (TPSA) is 34.1 Å². The molecule has 0 atom stereocenters. The fourth-order valence-corrected chi connectivity index (χ4v) is 2.33. The quantitative estimate of drug-likeness (QED) is 0.751. The average Bonchev–Trinajstić information content (AvgIpc) is 2.53. The third kappa shape index (κ3) is 3.55. The number of aromatic nitrogens is 1. The van der Waals surface area contributed by atoms with E-state index in [1.807, 2.05) is 54.6 Å². The molecule has 0 fully saturated rings. The molecule has 1 aromatic heterocycles. The Morgan fingerprint density at radius 2 is 1.64 bits per heavy atom. The van der Waals surface area contributed by atoms with Crippen LogP contribution in [0.15, 0.2) is 66.7 Å². The first-order valence-corrected chi connectivity index (χ1v) is 7.44. The number of hydrogen-bond donors (Lipinski definition) is 1. The maximum absolute atomic E-state index is 5.88. The second kappa shape index (κ2) is 6.06. The Bertz CT molecular complexity index is 753. The number of pyridine rings is 1. The molecule has 1 N–H and O–H groups in total. The summed E-state index contributed by atoms with van der Waals surface area (Å²) in [6, 6.07) is 22.1. The maximum atomic E-state index is 5.88. The van der Waals surface area contributed by atoms with Crippen molar-refractivity contribution in [3.05, 3.63) is 66.7 Å². The van der Waals surface area contributed by atoms with Crippen molar-refractivity contribution >= 4 is 16.6 Å². The molecular formula is C19H20N2O. The maximum Gasteiger partial charge on any atom is 0.213 e. The van der Waals surface area contributed by atoms with Crippen LogP contribution in [0.4, 0.5) is 5.69 Å². The van der Waals surface area contributed by atoms with Crippen molar-refractivity contribution in [2.75, 3.05) is 11.9 Å². The highest BCUT2D eigenvalue weighted by Gasteiger charge is 2.18. The number of benzene rings is 2. The second-order valence-corrected chi connectivity index (χ2v) is 6.01. The number of rotatable bonds is 5. The normalized spacial score (nSPS) is 11.4. The molecule has 3 rings (SSSR count). The lowest BCUT2D eigenvalue weighted by Crippen LogP contribution is -2.37. The number of hydrogen-bond acceptors (Lipinski definition) is 3. The highest BCUT2D eigenvalue weighted by Crippen LogP contribution is 2.19. The van der Waals surface area contributed by atoms with Crippen molar-refractivity contribution in [1.29, 1.82) is 0 Å². The molecule has 0 saturated heterocycles. The van der Waals surface area contributed by atoms with Gasteiger partial charge in [-0.3, -0.25) is 0 Å². The van der Waals surface area contributed by atoms with Crippen LogP contribution in [-0.2, 0) is 0 Å². The van der Waals surface area contributed by atoms with Crippen molar-refractivity contribution in [1.82, 2.24) is 4.98 Å². The van der Waals surface area contributed by atoms with E-state index in [1.54, 1.807) is 0 Å². The van der Waals surface area contributed by atoms with Crippen molar-refractivity contribution in [2.24, 2.45) is 0 Å². The van der Waals surface area contributed by atoms with Gasteiger partial charge < -0.3 is 10.1 Å². The van der Waals surface area contributed by atoms with E-state index < -0.39 is 0 Å². The summed E-state index contributed by atoms with van der Waals surface area (Å²) in [6.07, 6.45) is 0. The lowest BCUT2D eigenvalue weighted by atomic mass is 10.1. The van der Waals surface area contributed by atoms with Gasteiger partial charge in [-0.1, -0.05) is 36.4 Å². The minimum Gasteiger partial charge on any atom is -0.475 e. The zero-order valence-electron chi connectivity index (χ0n) is 12.9. The molecule has 2 aromatic carbocycles. The molecule has 0 spiro atoms. The lowest BCUT2D eigenvalue weighted by molar-refractivity contribution is 0.248. The summed E-state index contributed by atoms with van der Waals surface area (Å²) in [5, 5.41) is 4.59. The van der Waals surface area contributed by atoms with Gasteiger partial charge in [0.05, 0.1) is 11.1 Å². The summed E-state index contributed by atoms with van der Waals surface area (Å²) in [5.74, 6) is 0.654. The first-order valence-electron chi connectivity index (χ1n) is 7.44. The lowest BCUT2D eigenvalue weighted by Gasteiger charge is -2.27. The third-order valence-electron chi connectivity index (χ3n) is 3.41. The number of para-hydroxylation sites is 2. The first kappa shape index (κ1) is 14.4. The zero-order chi connectivity index (χ0) is 15.4. The minimum absolute atomic E-state index is 0.186. The van der Waals surface area contributed by atoms with Crippen molar-refractivity contribution in [2.45, 2.75) is 19.4 Å². The standard InChI is InChI=1S/C19H20N2O/c1-19(2,21-16-9-4-3-5-10-16)14-22-18-13-12-15-8-6-7-11-17(15)20-18/h3-13,21H,14H2,1-2H3. The Morgan fingerprint density at radius 1 is 0.909 bits per heavy atom.